The highest BCUT2D eigenvalue weighted by Crippen LogP contribution is 2.32. The van der Waals surface area contributed by atoms with Crippen molar-refractivity contribution in [3.8, 4) is 11.4 Å². The lowest BCUT2D eigenvalue weighted by Gasteiger charge is -2.12. The molecule has 0 aliphatic carbocycles. The van der Waals surface area contributed by atoms with E-state index in [-0.39, 0.29) is 16.4 Å². The zero-order valence-corrected chi connectivity index (χ0v) is 23.2. The van der Waals surface area contributed by atoms with Gasteiger partial charge in [0, 0.05) is 23.3 Å². The second-order valence-electron chi connectivity index (χ2n) is 8.63. The van der Waals surface area contributed by atoms with Gasteiger partial charge >= 0.3 is 12.4 Å². The fourth-order valence-electron chi connectivity index (χ4n) is 3.54. The van der Waals surface area contributed by atoms with E-state index in [1.54, 1.807) is 0 Å². The van der Waals surface area contributed by atoms with Crippen molar-refractivity contribution in [3.05, 3.63) is 111 Å². The van der Waals surface area contributed by atoms with Crippen molar-refractivity contribution in [2.75, 3.05) is 5.73 Å². The Bertz CT molecular complexity index is 1910. The number of hydrogen-bond donors (Lipinski definition) is 1. The zero-order chi connectivity index (χ0) is 33.5. The van der Waals surface area contributed by atoms with E-state index in [9.17, 15) is 54.8 Å². The molecule has 234 valence electrons. The summed E-state index contributed by atoms with van der Waals surface area (Å²) in [6, 6.07) is 3.08. The molecular weight excluding hydrogens is 659 g/mol. The van der Waals surface area contributed by atoms with E-state index in [0.29, 0.717) is 33.9 Å². The molecule has 20 heteroatoms. The highest BCUT2D eigenvalue weighted by atomic mass is 35.5. The number of nitrogens with two attached hydrogens (primary N) is 1. The molecule has 0 fully saturated rings. The molecule has 4 rings (SSSR count). The number of nitro groups is 1. The molecule has 4 aromatic rings. The normalized spacial score (nSPS) is 11.6. The van der Waals surface area contributed by atoms with Crippen LogP contribution in [0.25, 0.3) is 11.4 Å². The summed E-state index contributed by atoms with van der Waals surface area (Å²) in [5.74, 6) is -2.07. The van der Waals surface area contributed by atoms with Crippen LogP contribution >= 0.6 is 23.2 Å². The predicted molar refractivity (Wildman–Crippen MR) is 140 cm³/mol. The summed E-state index contributed by atoms with van der Waals surface area (Å²) in [5, 5.41) is 16.8. The van der Waals surface area contributed by atoms with Gasteiger partial charge in [-0.1, -0.05) is 23.2 Å². The van der Waals surface area contributed by atoms with Crippen LogP contribution in [0, 0.1) is 35.6 Å². The van der Waals surface area contributed by atoms with Crippen molar-refractivity contribution in [1.82, 2.24) is 19.6 Å². The van der Waals surface area contributed by atoms with Gasteiger partial charge in [-0.15, -0.1) is 0 Å². The molecule has 0 spiro atoms. The molecule has 2 aromatic carbocycles. The number of alkyl halides is 6. The third kappa shape index (κ3) is 6.80. The van der Waals surface area contributed by atoms with Crippen LogP contribution in [0.4, 0.5) is 46.5 Å². The molecule has 0 saturated heterocycles. The number of aromatic nitrogens is 4. The largest absolute Gasteiger partial charge is 0.418 e. The summed E-state index contributed by atoms with van der Waals surface area (Å²) < 4.78 is 105. The second kappa shape index (κ2) is 12.2. The number of hydrogen-bond acceptors (Lipinski definition) is 7. The topological polar surface area (TPSA) is 139 Å². The SMILES string of the molecule is Cc1c(C(F)(F)F)cnn(-c2cc(N)c(Cl)cc2F)c1=O.Cc1c(C(F)(F)F)cnn(-c2cc([N+](=O)[O-])c(Cl)cc2F)c1=O. The van der Waals surface area contributed by atoms with Crippen molar-refractivity contribution in [2.45, 2.75) is 26.2 Å². The van der Waals surface area contributed by atoms with Gasteiger partial charge in [-0.3, -0.25) is 19.7 Å². The number of anilines is 1. The van der Waals surface area contributed by atoms with Gasteiger partial charge in [-0.25, -0.2) is 8.78 Å². The van der Waals surface area contributed by atoms with E-state index in [4.69, 9.17) is 28.9 Å². The first kappa shape index (κ1) is 33.9. The first-order valence-electron chi connectivity index (χ1n) is 11.4. The summed E-state index contributed by atoms with van der Waals surface area (Å²) in [4.78, 5) is 33.8. The van der Waals surface area contributed by atoms with E-state index in [0.717, 1.165) is 26.0 Å². The molecule has 0 aliphatic heterocycles. The zero-order valence-electron chi connectivity index (χ0n) is 21.7. The lowest BCUT2D eigenvalue weighted by Crippen LogP contribution is -2.28. The molecule has 2 aromatic heterocycles. The van der Waals surface area contributed by atoms with Crippen LogP contribution < -0.4 is 16.9 Å². The smallest absolute Gasteiger partial charge is 0.397 e. The maximum Gasteiger partial charge on any atom is 0.418 e. The number of rotatable bonds is 3. The molecule has 44 heavy (non-hydrogen) atoms. The molecular formula is C24H14Cl2F8N6O4. The van der Waals surface area contributed by atoms with Crippen molar-refractivity contribution < 1.29 is 40.0 Å². The van der Waals surface area contributed by atoms with Gasteiger partial charge < -0.3 is 5.73 Å². The fourth-order valence-corrected chi connectivity index (χ4v) is 3.91. The van der Waals surface area contributed by atoms with Crippen LogP contribution in [0.1, 0.15) is 22.3 Å². The van der Waals surface area contributed by atoms with Crippen LogP contribution in [0.15, 0.2) is 46.2 Å². The van der Waals surface area contributed by atoms with Gasteiger partial charge in [-0.2, -0.15) is 45.9 Å². The van der Waals surface area contributed by atoms with Crippen LogP contribution in [0.2, 0.25) is 10.0 Å². The average molecular weight is 673 g/mol. The Morgan fingerprint density at radius 3 is 1.55 bits per heavy atom. The summed E-state index contributed by atoms with van der Waals surface area (Å²) in [7, 11) is 0. The maximum atomic E-state index is 13.9. The summed E-state index contributed by atoms with van der Waals surface area (Å²) in [6.07, 6.45) is -8.72. The lowest BCUT2D eigenvalue weighted by molar-refractivity contribution is -0.384. The Morgan fingerprint density at radius 1 is 0.773 bits per heavy atom. The van der Waals surface area contributed by atoms with E-state index in [1.165, 1.54) is 0 Å². The molecule has 0 unspecified atom stereocenters. The highest BCUT2D eigenvalue weighted by Gasteiger charge is 2.35. The van der Waals surface area contributed by atoms with Gasteiger partial charge in [-0.05, 0) is 26.0 Å². The Kier molecular flexibility index (Phi) is 9.40. The average Bonchev–Trinajstić information content (AvgIpc) is 2.88. The van der Waals surface area contributed by atoms with Crippen LogP contribution in [0.3, 0.4) is 0 Å². The second-order valence-corrected chi connectivity index (χ2v) is 9.45. The minimum absolute atomic E-state index is 0.0284. The number of benzene rings is 2. The van der Waals surface area contributed by atoms with Crippen molar-refractivity contribution in [1.29, 1.82) is 0 Å². The van der Waals surface area contributed by atoms with Gasteiger partial charge in [0.15, 0.2) is 11.6 Å². The van der Waals surface area contributed by atoms with Gasteiger partial charge in [0.2, 0.25) is 0 Å². The van der Waals surface area contributed by atoms with Crippen LogP contribution in [-0.4, -0.2) is 24.5 Å². The quantitative estimate of drug-likeness (QED) is 0.118. The van der Waals surface area contributed by atoms with Gasteiger partial charge in [0.05, 0.1) is 39.2 Å². The van der Waals surface area contributed by atoms with Crippen molar-refractivity contribution in [2.24, 2.45) is 0 Å². The summed E-state index contributed by atoms with van der Waals surface area (Å²) >= 11 is 11.1. The Hall–Kier alpha value is -4.58. The number of halogens is 10. The number of nitrogens with zero attached hydrogens (tertiary/aromatic N) is 5. The molecule has 0 radical (unpaired) electrons. The molecule has 0 atom stereocenters. The van der Waals surface area contributed by atoms with E-state index in [1.807, 2.05) is 0 Å². The fraction of sp³-hybridized carbons (Fsp3) is 0.167. The monoisotopic (exact) mass is 672 g/mol. The van der Waals surface area contributed by atoms with E-state index in [2.05, 4.69) is 10.2 Å². The van der Waals surface area contributed by atoms with E-state index < -0.39 is 78.7 Å². The lowest BCUT2D eigenvalue weighted by atomic mass is 10.2. The summed E-state index contributed by atoms with van der Waals surface area (Å²) in [6.45, 7) is 1.88. The molecule has 2 heterocycles. The molecule has 2 N–H and O–H groups in total. The van der Waals surface area contributed by atoms with Crippen LogP contribution in [-0.2, 0) is 12.4 Å². The van der Waals surface area contributed by atoms with E-state index >= 15 is 0 Å². The minimum atomic E-state index is -4.81. The van der Waals surface area contributed by atoms with Crippen molar-refractivity contribution in [3.63, 3.8) is 0 Å². The van der Waals surface area contributed by atoms with Crippen LogP contribution in [0.5, 0.6) is 0 Å². The Morgan fingerprint density at radius 2 is 1.16 bits per heavy atom. The molecule has 0 aliphatic rings. The first-order chi connectivity index (χ1) is 20.2. The maximum absolute atomic E-state index is 13.9. The summed E-state index contributed by atoms with van der Waals surface area (Å²) in [5.41, 5.74) is -2.41. The molecule has 0 saturated carbocycles. The third-order valence-electron chi connectivity index (χ3n) is 5.79. The first-order valence-corrected chi connectivity index (χ1v) is 12.1. The predicted octanol–water partition coefficient (Wildman–Crippen LogP) is 6.19. The molecule has 10 nitrogen and oxygen atoms in total. The molecule has 0 bridgehead atoms. The third-order valence-corrected chi connectivity index (χ3v) is 6.42. The Balaban J connectivity index is 0.000000241. The minimum Gasteiger partial charge on any atom is -0.397 e. The number of nitro benzene ring substituents is 1. The standard InChI is InChI=1S/C12H6ClF4N3O3.C12H8ClF4N3O/c1-5-6(12(15,16)17)4-18-19(11(5)21)10-3-9(20(22)23)7(13)2-8(10)14;1-5-6(12(15,16)17)4-19-20(11(5)21)10-3-9(18)7(13)2-8(10)14/h2-4H,1H3;2-4H,18H2,1H3. The highest BCUT2D eigenvalue weighted by molar-refractivity contribution is 6.33. The number of nitrogen functional groups attached to an aromatic ring is 1. The van der Waals surface area contributed by atoms with Gasteiger partial charge in [0.25, 0.3) is 16.8 Å². The molecule has 0 amide bonds. The Labute approximate surface area is 249 Å². The van der Waals surface area contributed by atoms with Gasteiger partial charge in [0.1, 0.15) is 16.4 Å². The van der Waals surface area contributed by atoms with Crippen molar-refractivity contribution >= 4 is 34.6 Å².